The third-order valence-electron chi connectivity index (χ3n) is 5.52. The molecule has 0 aromatic carbocycles. The van der Waals surface area contributed by atoms with Crippen molar-refractivity contribution in [1.82, 2.24) is 9.88 Å². The molecule has 0 N–H and O–H groups in total. The van der Waals surface area contributed by atoms with Crippen LogP contribution in [0.4, 0.5) is 5.82 Å². The van der Waals surface area contributed by atoms with Crippen molar-refractivity contribution in [3.63, 3.8) is 0 Å². The Morgan fingerprint density at radius 2 is 2.19 bits per heavy atom. The molecule has 4 heteroatoms. The first kappa shape index (κ1) is 13.5. The van der Waals surface area contributed by atoms with Crippen molar-refractivity contribution in [2.75, 3.05) is 44.3 Å². The minimum Gasteiger partial charge on any atom is -0.380 e. The Kier molecular flexibility index (Phi) is 3.59. The fourth-order valence-corrected chi connectivity index (χ4v) is 4.37. The smallest absolute Gasteiger partial charge is 0.128 e. The molecule has 21 heavy (non-hydrogen) atoms. The van der Waals surface area contributed by atoms with E-state index in [1.807, 2.05) is 12.3 Å². The molecule has 0 radical (unpaired) electrons. The van der Waals surface area contributed by atoms with Crippen molar-refractivity contribution < 1.29 is 4.74 Å². The third kappa shape index (κ3) is 2.67. The van der Waals surface area contributed by atoms with Gasteiger partial charge in [0.15, 0.2) is 0 Å². The number of aromatic nitrogens is 1. The number of pyridine rings is 1. The van der Waals surface area contributed by atoms with Crippen molar-refractivity contribution in [3.8, 4) is 0 Å². The van der Waals surface area contributed by atoms with E-state index in [0.29, 0.717) is 11.5 Å². The molecule has 3 fully saturated rings. The van der Waals surface area contributed by atoms with E-state index in [0.717, 1.165) is 25.6 Å². The monoisotopic (exact) mass is 287 g/mol. The van der Waals surface area contributed by atoms with Crippen LogP contribution in [0.1, 0.15) is 25.7 Å². The molecule has 3 aliphatic rings. The molecule has 0 bridgehead atoms. The maximum absolute atomic E-state index is 5.57. The second kappa shape index (κ2) is 5.58. The quantitative estimate of drug-likeness (QED) is 0.833. The van der Waals surface area contributed by atoms with Crippen LogP contribution in [0.25, 0.3) is 0 Å². The van der Waals surface area contributed by atoms with Crippen molar-refractivity contribution in [3.05, 3.63) is 24.4 Å². The summed E-state index contributed by atoms with van der Waals surface area (Å²) in [5.41, 5.74) is 0.484. The predicted octanol–water partition coefficient (Wildman–Crippen LogP) is 2.16. The summed E-state index contributed by atoms with van der Waals surface area (Å²) in [5.74, 6) is 1.15. The number of anilines is 1. The first-order valence-electron chi connectivity index (χ1n) is 8.33. The number of nitrogens with zero attached hydrogens (tertiary/aromatic N) is 3. The molecule has 2 atom stereocenters. The molecule has 4 nitrogen and oxygen atoms in total. The van der Waals surface area contributed by atoms with Gasteiger partial charge in [0.05, 0.1) is 6.61 Å². The Hall–Kier alpha value is -1.13. The molecule has 0 aliphatic carbocycles. The van der Waals surface area contributed by atoms with Crippen LogP contribution in [-0.2, 0) is 4.74 Å². The van der Waals surface area contributed by atoms with Crippen molar-refractivity contribution in [2.45, 2.75) is 31.7 Å². The third-order valence-corrected chi connectivity index (χ3v) is 5.52. The average molecular weight is 287 g/mol. The summed E-state index contributed by atoms with van der Waals surface area (Å²) in [5, 5.41) is 0. The maximum atomic E-state index is 5.57. The van der Waals surface area contributed by atoms with E-state index in [2.05, 4.69) is 26.9 Å². The van der Waals surface area contributed by atoms with Crippen LogP contribution >= 0.6 is 0 Å². The summed E-state index contributed by atoms with van der Waals surface area (Å²) in [7, 11) is 0. The minimum absolute atomic E-state index is 0.484. The highest BCUT2D eigenvalue weighted by molar-refractivity contribution is 5.39. The first-order chi connectivity index (χ1) is 10.3. The second-order valence-electron chi connectivity index (χ2n) is 6.95. The van der Waals surface area contributed by atoms with Crippen LogP contribution in [0, 0.1) is 5.41 Å². The lowest BCUT2D eigenvalue weighted by molar-refractivity contribution is 0.144. The van der Waals surface area contributed by atoms with Crippen LogP contribution in [-0.4, -0.2) is 55.3 Å². The van der Waals surface area contributed by atoms with Crippen LogP contribution in [0.5, 0.6) is 0 Å². The molecule has 1 spiro atoms. The fraction of sp³-hybridized carbons (Fsp3) is 0.706. The molecule has 4 heterocycles. The number of rotatable bonds is 2. The van der Waals surface area contributed by atoms with E-state index in [9.17, 15) is 0 Å². The fourth-order valence-electron chi connectivity index (χ4n) is 4.37. The highest BCUT2D eigenvalue weighted by atomic mass is 16.5. The normalized spacial score (nSPS) is 33.9. The Labute approximate surface area is 127 Å². The van der Waals surface area contributed by atoms with E-state index in [4.69, 9.17) is 4.74 Å². The number of hydrogen-bond donors (Lipinski definition) is 0. The molecule has 114 valence electrons. The summed E-state index contributed by atoms with van der Waals surface area (Å²) in [6.45, 7) is 6.74. The lowest BCUT2D eigenvalue weighted by Gasteiger charge is -2.41. The molecule has 3 aliphatic heterocycles. The molecule has 3 saturated heterocycles. The van der Waals surface area contributed by atoms with Gasteiger partial charge in [-0.15, -0.1) is 0 Å². The molecule has 1 aromatic rings. The van der Waals surface area contributed by atoms with Gasteiger partial charge in [-0.2, -0.15) is 0 Å². The van der Waals surface area contributed by atoms with E-state index >= 15 is 0 Å². The van der Waals surface area contributed by atoms with Crippen molar-refractivity contribution in [2.24, 2.45) is 5.41 Å². The SMILES string of the molecule is c1ccc(N2CCC[C@@]3(CCN([C@@H]4CCOC4)C3)C2)nc1. The summed E-state index contributed by atoms with van der Waals surface area (Å²) >= 11 is 0. The van der Waals surface area contributed by atoms with E-state index in [-0.39, 0.29) is 0 Å². The highest BCUT2D eigenvalue weighted by Gasteiger charge is 2.43. The Morgan fingerprint density at radius 1 is 1.19 bits per heavy atom. The van der Waals surface area contributed by atoms with Gasteiger partial charge in [-0.3, -0.25) is 4.90 Å². The van der Waals surface area contributed by atoms with Crippen LogP contribution in [0.2, 0.25) is 0 Å². The largest absolute Gasteiger partial charge is 0.380 e. The molecule has 1 aromatic heterocycles. The number of ether oxygens (including phenoxy) is 1. The minimum atomic E-state index is 0.484. The molecule has 0 unspecified atom stereocenters. The van der Waals surface area contributed by atoms with E-state index < -0.39 is 0 Å². The van der Waals surface area contributed by atoms with Gasteiger partial charge in [0.2, 0.25) is 0 Å². The van der Waals surface area contributed by atoms with Crippen molar-refractivity contribution >= 4 is 5.82 Å². The summed E-state index contributed by atoms with van der Waals surface area (Å²) < 4.78 is 5.57. The van der Waals surface area contributed by atoms with Gasteiger partial charge in [0.1, 0.15) is 5.82 Å². The number of hydrogen-bond acceptors (Lipinski definition) is 4. The van der Waals surface area contributed by atoms with Crippen molar-refractivity contribution in [1.29, 1.82) is 0 Å². The average Bonchev–Trinajstić information content (AvgIpc) is 3.19. The van der Waals surface area contributed by atoms with Gasteiger partial charge >= 0.3 is 0 Å². The van der Waals surface area contributed by atoms with Gasteiger partial charge in [-0.25, -0.2) is 4.98 Å². The highest BCUT2D eigenvalue weighted by Crippen LogP contribution is 2.41. The maximum Gasteiger partial charge on any atom is 0.128 e. The Balaban J connectivity index is 1.45. The molecule has 0 saturated carbocycles. The van der Waals surface area contributed by atoms with Crippen LogP contribution in [0.15, 0.2) is 24.4 Å². The Bertz CT molecular complexity index is 474. The molecular weight excluding hydrogens is 262 g/mol. The molecular formula is C17H25N3O. The number of piperidine rings is 1. The van der Waals surface area contributed by atoms with Gasteiger partial charge in [0, 0.05) is 43.9 Å². The van der Waals surface area contributed by atoms with E-state index in [1.54, 1.807) is 0 Å². The predicted molar refractivity (Wildman–Crippen MR) is 83.5 cm³/mol. The standard InChI is InChI=1S/C17H25N3O/c1-2-8-18-16(4-1)20-9-3-6-17(14-20)7-10-19(13-17)15-5-11-21-12-15/h1-2,4,8,15H,3,5-7,9-14H2/t15-,17+/m1/s1. The zero-order chi connectivity index (χ0) is 14.1. The van der Waals surface area contributed by atoms with Crippen LogP contribution < -0.4 is 4.90 Å². The van der Waals surface area contributed by atoms with Gasteiger partial charge in [-0.05, 0) is 44.4 Å². The second-order valence-corrected chi connectivity index (χ2v) is 6.95. The lowest BCUT2D eigenvalue weighted by atomic mass is 9.79. The summed E-state index contributed by atoms with van der Waals surface area (Å²) in [4.78, 5) is 9.73. The molecule has 4 rings (SSSR count). The van der Waals surface area contributed by atoms with Gasteiger partial charge < -0.3 is 9.64 Å². The first-order valence-corrected chi connectivity index (χ1v) is 8.33. The Morgan fingerprint density at radius 3 is 3.00 bits per heavy atom. The zero-order valence-corrected chi connectivity index (χ0v) is 12.7. The van der Waals surface area contributed by atoms with E-state index in [1.165, 1.54) is 45.3 Å². The van der Waals surface area contributed by atoms with Gasteiger partial charge in [0.25, 0.3) is 0 Å². The topological polar surface area (TPSA) is 28.6 Å². The summed E-state index contributed by atoms with van der Waals surface area (Å²) in [6, 6.07) is 6.92. The van der Waals surface area contributed by atoms with Crippen LogP contribution in [0.3, 0.4) is 0 Å². The zero-order valence-electron chi connectivity index (χ0n) is 12.7. The molecule has 0 amide bonds. The number of likely N-dealkylation sites (tertiary alicyclic amines) is 1. The summed E-state index contributed by atoms with van der Waals surface area (Å²) in [6.07, 6.45) is 7.15. The van der Waals surface area contributed by atoms with Gasteiger partial charge in [-0.1, -0.05) is 6.07 Å². The lowest BCUT2D eigenvalue weighted by Crippen LogP contribution is -2.46.